The standard InChI is InChI=1S/C14H18N4O2/c1-3-18-14(15-9-16-18)10(2)17-13(20)8-11-5-4-6-12(19)7-11/h4-7,9-10,19H,3,8H2,1-2H3,(H,17,20). The minimum Gasteiger partial charge on any atom is -0.508 e. The van der Waals surface area contributed by atoms with Crippen LogP contribution in [0.1, 0.15) is 31.3 Å². The normalized spacial score (nSPS) is 12.1. The van der Waals surface area contributed by atoms with Crippen molar-refractivity contribution in [2.45, 2.75) is 32.9 Å². The zero-order chi connectivity index (χ0) is 14.5. The number of carbonyl (C=O) groups excluding carboxylic acids is 1. The Morgan fingerprint density at radius 2 is 2.30 bits per heavy atom. The van der Waals surface area contributed by atoms with Crippen LogP contribution in [0.4, 0.5) is 0 Å². The highest BCUT2D eigenvalue weighted by atomic mass is 16.3. The number of aryl methyl sites for hydroxylation is 1. The van der Waals surface area contributed by atoms with Crippen molar-refractivity contribution in [1.82, 2.24) is 20.1 Å². The van der Waals surface area contributed by atoms with E-state index in [0.717, 1.165) is 11.4 Å². The summed E-state index contributed by atoms with van der Waals surface area (Å²) in [6.45, 7) is 4.55. The Labute approximate surface area is 117 Å². The number of carbonyl (C=O) groups is 1. The van der Waals surface area contributed by atoms with Crippen LogP contribution in [0.25, 0.3) is 0 Å². The van der Waals surface area contributed by atoms with Crippen LogP contribution in [0.5, 0.6) is 5.75 Å². The molecular weight excluding hydrogens is 256 g/mol. The van der Waals surface area contributed by atoms with E-state index < -0.39 is 0 Å². The van der Waals surface area contributed by atoms with Crippen molar-refractivity contribution in [2.24, 2.45) is 0 Å². The molecule has 6 heteroatoms. The van der Waals surface area contributed by atoms with Crippen molar-refractivity contribution >= 4 is 5.91 Å². The van der Waals surface area contributed by atoms with Gasteiger partial charge in [0.05, 0.1) is 12.5 Å². The maximum atomic E-state index is 12.0. The quantitative estimate of drug-likeness (QED) is 0.864. The Morgan fingerprint density at radius 1 is 1.50 bits per heavy atom. The van der Waals surface area contributed by atoms with Gasteiger partial charge < -0.3 is 10.4 Å². The first-order valence-corrected chi connectivity index (χ1v) is 6.55. The Balaban J connectivity index is 1.98. The summed E-state index contributed by atoms with van der Waals surface area (Å²) in [5.41, 5.74) is 0.770. The fourth-order valence-electron chi connectivity index (χ4n) is 2.06. The fraction of sp³-hybridized carbons (Fsp3) is 0.357. The topological polar surface area (TPSA) is 80.0 Å². The molecule has 2 rings (SSSR count). The Hall–Kier alpha value is -2.37. The summed E-state index contributed by atoms with van der Waals surface area (Å²) in [4.78, 5) is 16.1. The van der Waals surface area contributed by atoms with E-state index in [1.807, 2.05) is 13.8 Å². The van der Waals surface area contributed by atoms with Crippen LogP contribution in [0.3, 0.4) is 0 Å². The molecule has 1 heterocycles. The van der Waals surface area contributed by atoms with Gasteiger partial charge in [0.25, 0.3) is 0 Å². The number of aromatic nitrogens is 3. The lowest BCUT2D eigenvalue weighted by Gasteiger charge is -2.14. The summed E-state index contributed by atoms with van der Waals surface area (Å²) < 4.78 is 1.75. The second-order valence-electron chi connectivity index (χ2n) is 4.57. The third-order valence-corrected chi connectivity index (χ3v) is 2.99. The average molecular weight is 274 g/mol. The molecule has 2 aromatic rings. The van der Waals surface area contributed by atoms with Crippen molar-refractivity contribution in [2.75, 3.05) is 0 Å². The molecule has 0 aliphatic heterocycles. The van der Waals surface area contributed by atoms with Gasteiger partial charge in [-0.2, -0.15) is 5.10 Å². The van der Waals surface area contributed by atoms with E-state index in [1.54, 1.807) is 28.9 Å². The summed E-state index contributed by atoms with van der Waals surface area (Å²) in [6, 6.07) is 6.47. The molecular formula is C14H18N4O2. The van der Waals surface area contributed by atoms with E-state index in [4.69, 9.17) is 0 Å². The maximum absolute atomic E-state index is 12.0. The first kappa shape index (κ1) is 14.0. The molecule has 0 aliphatic rings. The second-order valence-corrected chi connectivity index (χ2v) is 4.57. The lowest BCUT2D eigenvalue weighted by atomic mass is 10.1. The highest BCUT2D eigenvalue weighted by Crippen LogP contribution is 2.12. The molecule has 0 saturated carbocycles. The predicted molar refractivity (Wildman–Crippen MR) is 74.1 cm³/mol. The third kappa shape index (κ3) is 3.34. The Bertz CT molecular complexity index is 594. The van der Waals surface area contributed by atoms with E-state index in [0.29, 0.717) is 6.54 Å². The van der Waals surface area contributed by atoms with Crippen molar-refractivity contribution in [3.63, 3.8) is 0 Å². The van der Waals surface area contributed by atoms with Gasteiger partial charge in [0.1, 0.15) is 17.9 Å². The summed E-state index contributed by atoms with van der Waals surface area (Å²) in [7, 11) is 0. The van der Waals surface area contributed by atoms with Crippen molar-refractivity contribution < 1.29 is 9.90 Å². The molecule has 0 bridgehead atoms. The highest BCUT2D eigenvalue weighted by molar-refractivity contribution is 5.79. The number of amides is 1. The summed E-state index contributed by atoms with van der Waals surface area (Å²) >= 11 is 0. The predicted octanol–water partition coefficient (Wildman–Crippen LogP) is 1.42. The van der Waals surface area contributed by atoms with Crippen LogP contribution in [-0.4, -0.2) is 25.8 Å². The van der Waals surface area contributed by atoms with Gasteiger partial charge in [0.2, 0.25) is 5.91 Å². The van der Waals surface area contributed by atoms with Gasteiger partial charge in [-0.05, 0) is 31.5 Å². The number of phenolic OH excluding ortho intramolecular Hbond substituents is 1. The lowest BCUT2D eigenvalue weighted by molar-refractivity contribution is -0.121. The third-order valence-electron chi connectivity index (χ3n) is 2.99. The van der Waals surface area contributed by atoms with Crippen molar-refractivity contribution in [1.29, 1.82) is 0 Å². The SMILES string of the molecule is CCn1ncnc1C(C)NC(=O)Cc1cccc(O)c1. The molecule has 20 heavy (non-hydrogen) atoms. The number of nitrogens with one attached hydrogen (secondary N) is 1. The Kier molecular flexibility index (Phi) is 4.34. The monoisotopic (exact) mass is 274 g/mol. The highest BCUT2D eigenvalue weighted by Gasteiger charge is 2.15. The van der Waals surface area contributed by atoms with E-state index >= 15 is 0 Å². The van der Waals surface area contributed by atoms with Crippen LogP contribution in [0.2, 0.25) is 0 Å². The molecule has 1 atom stereocenters. The molecule has 1 amide bonds. The molecule has 0 radical (unpaired) electrons. The number of rotatable bonds is 5. The molecule has 1 aromatic heterocycles. The number of phenols is 1. The molecule has 0 fully saturated rings. The molecule has 0 saturated heterocycles. The van der Waals surface area contributed by atoms with Crippen LogP contribution in [-0.2, 0) is 17.8 Å². The molecule has 1 aromatic carbocycles. The maximum Gasteiger partial charge on any atom is 0.225 e. The molecule has 106 valence electrons. The molecule has 1 unspecified atom stereocenters. The van der Waals surface area contributed by atoms with Crippen molar-refractivity contribution in [3.05, 3.63) is 42.0 Å². The van der Waals surface area contributed by atoms with Gasteiger partial charge in [0, 0.05) is 6.54 Å². The summed E-state index contributed by atoms with van der Waals surface area (Å²) in [5, 5.41) is 16.3. The molecule has 0 aliphatic carbocycles. The zero-order valence-electron chi connectivity index (χ0n) is 11.6. The van der Waals surface area contributed by atoms with Gasteiger partial charge in [0.15, 0.2) is 0 Å². The van der Waals surface area contributed by atoms with Crippen LogP contribution in [0.15, 0.2) is 30.6 Å². The van der Waals surface area contributed by atoms with E-state index in [2.05, 4.69) is 15.4 Å². The fourth-order valence-corrected chi connectivity index (χ4v) is 2.06. The van der Waals surface area contributed by atoms with Gasteiger partial charge in [-0.3, -0.25) is 4.79 Å². The summed E-state index contributed by atoms with van der Waals surface area (Å²) in [6.07, 6.45) is 1.70. The minimum atomic E-state index is -0.206. The van der Waals surface area contributed by atoms with Crippen LogP contribution >= 0.6 is 0 Å². The molecule has 6 nitrogen and oxygen atoms in total. The largest absolute Gasteiger partial charge is 0.508 e. The smallest absolute Gasteiger partial charge is 0.225 e. The van der Waals surface area contributed by atoms with Crippen molar-refractivity contribution in [3.8, 4) is 5.75 Å². The number of hydrogen-bond acceptors (Lipinski definition) is 4. The van der Waals surface area contributed by atoms with Crippen LogP contribution in [0, 0.1) is 0 Å². The van der Waals surface area contributed by atoms with E-state index in [-0.39, 0.29) is 24.1 Å². The molecule has 0 spiro atoms. The lowest BCUT2D eigenvalue weighted by Crippen LogP contribution is -2.30. The number of hydrogen-bond donors (Lipinski definition) is 2. The summed E-state index contributed by atoms with van der Waals surface area (Å²) in [5.74, 6) is 0.777. The van der Waals surface area contributed by atoms with Gasteiger partial charge >= 0.3 is 0 Å². The van der Waals surface area contributed by atoms with E-state index in [1.165, 1.54) is 6.33 Å². The first-order chi connectivity index (χ1) is 9.60. The van der Waals surface area contributed by atoms with Gasteiger partial charge in [-0.25, -0.2) is 9.67 Å². The molecule has 2 N–H and O–H groups in total. The second kappa shape index (κ2) is 6.18. The van der Waals surface area contributed by atoms with Gasteiger partial charge in [-0.15, -0.1) is 0 Å². The Morgan fingerprint density at radius 3 is 3.00 bits per heavy atom. The minimum absolute atomic E-state index is 0.117. The van der Waals surface area contributed by atoms with Crippen LogP contribution < -0.4 is 5.32 Å². The number of aromatic hydroxyl groups is 1. The average Bonchev–Trinajstić information content (AvgIpc) is 2.86. The zero-order valence-corrected chi connectivity index (χ0v) is 11.6. The van der Waals surface area contributed by atoms with E-state index in [9.17, 15) is 9.90 Å². The first-order valence-electron chi connectivity index (χ1n) is 6.55. The number of benzene rings is 1. The van der Waals surface area contributed by atoms with Gasteiger partial charge in [-0.1, -0.05) is 12.1 Å². The number of nitrogens with zero attached hydrogens (tertiary/aromatic N) is 3.